The molecular formula is C52H57BrF2N6O10S2. The van der Waals surface area contributed by atoms with Gasteiger partial charge in [0.2, 0.25) is 0 Å². The molecule has 6 aliphatic rings. The number of ether oxygens (including phenoxy) is 1. The molecule has 0 unspecified atom stereocenters. The van der Waals surface area contributed by atoms with Gasteiger partial charge in [0, 0.05) is 51.9 Å². The molecule has 2 spiro atoms. The van der Waals surface area contributed by atoms with Crippen LogP contribution in [0.3, 0.4) is 0 Å². The number of nitrogens with one attached hydrogen (secondary N) is 4. The number of rotatable bonds is 11. The van der Waals surface area contributed by atoms with E-state index in [0.717, 1.165) is 102 Å². The highest BCUT2D eigenvalue weighted by atomic mass is 79.9. The molecule has 2 heterocycles. The van der Waals surface area contributed by atoms with Gasteiger partial charge in [0.25, 0.3) is 31.9 Å². The van der Waals surface area contributed by atoms with E-state index >= 15 is 0 Å². The Balaban J connectivity index is 0.000000180. The van der Waals surface area contributed by atoms with Crippen LogP contribution in [0, 0.1) is 11.6 Å². The summed E-state index contributed by atoms with van der Waals surface area (Å²) in [7, 11) is -3.48. The quantitative estimate of drug-likeness (QED) is 0.118. The molecule has 4 aromatic carbocycles. The second-order valence-electron chi connectivity index (χ2n) is 20.2. The zero-order chi connectivity index (χ0) is 52.2. The lowest BCUT2D eigenvalue weighted by Gasteiger charge is -2.38. The van der Waals surface area contributed by atoms with Crippen molar-refractivity contribution in [2.45, 2.75) is 110 Å². The summed E-state index contributed by atoms with van der Waals surface area (Å²) in [6.07, 6.45) is 7.97. The molecule has 0 radical (unpaired) electrons. The van der Waals surface area contributed by atoms with Crippen LogP contribution in [0.4, 0.5) is 20.2 Å². The van der Waals surface area contributed by atoms with Gasteiger partial charge in [-0.1, -0.05) is 28.8 Å². The molecule has 0 atom stereocenters. The van der Waals surface area contributed by atoms with E-state index in [0.29, 0.717) is 52.4 Å². The molecule has 2 saturated carbocycles. The highest BCUT2D eigenvalue weighted by Crippen LogP contribution is 2.53. The van der Waals surface area contributed by atoms with E-state index in [-0.39, 0.29) is 70.8 Å². The molecule has 2 amide bonds. The minimum atomic E-state index is -4.43. The van der Waals surface area contributed by atoms with Crippen molar-refractivity contribution < 1.29 is 54.3 Å². The number of amides is 2. The third-order valence-corrected chi connectivity index (χ3v) is 18.9. The van der Waals surface area contributed by atoms with E-state index in [1.165, 1.54) is 24.3 Å². The van der Waals surface area contributed by atoms with Crippen LogP contribution in [0.1, 0.15) is 118 Å². The molecule has 10 rings (SSSR count). The normalized spacial score (nSPS) is 19.5. The number of benzene rings is 4. The average Bonchev–Trinajstić information content (AvgIpc) is 3.79. The first-order chi connectivity index (χ1) is 34.6. The van der Waals surface area contributed by atoms with E-state index in [9.17, 15) is 49.6 Å². The number of hydrogen-bond donors (Lipinski definition) is 4. The van der Waals surface area contributed by atoms with E-state index < -0.39 is 58.3 Å². The van der Waals surface area contributed by atoms with E-state index in [1.807, 2.05) is 14.1 Å². The van der Waals surface area contributed by atoms with Crippen LogP contribution < -0.4 is 20.1 Å². The molecule has 4 aliphatic carbocycles. The number of fused-ring (bicyclic) bond motifs is 4. The average molecular weight is 1110 g/mol. The summed E-state index contributed by atoms with van der Waals surface area (Å²) in [5.41, 5.74) is 2.03. The lowest BCUT2D eigenvalue weighted by Crippen LogP contribution is -2.43. The minimum Gasteiger partial charge on any atom is -0.465 e. The molecular weight excluding hydrogens is 1050 g/mol. The number of carbonyl (C=O) groups is 5. The lowest BCUT2D eigenvalue weighted by molar-refractivity contribution is -0.126. The third-order valence-electron chi connectivity index (χ3n) is 15.6. The van der Waals surface area contributed by atoms with Crippen molar-refractivity contribution in [1.29, 1.82) is 0 Å². The topological polar surface area (TPSA) is 217 Å². The Bertz CT molecular complexity index is 3170. The number of hydrogen-bond acceptors (Lipinski definition) is 12. The lowest BCUT2D eigenvalue weighted by atomic mass is 9.64. The summed E-state index contributed by atoms with van der Waals surface area (Å²) in [6, 6.07) is 12.8. The van der Waals surface area contributed by atoms with Gasteiger partial charge in [-0.2, -0.15) is 0 Å². The molecule has 0 bridgehead atoms. The van der Waals surface area contributed by atoms with Crippen molar-refractivity contribution >= 4 is 76.7 Å². The highest BCUT2D eigenvalue weighted by Gasteiger charge is 2.53. The standard InChI is InChI=1S/C27H30FN3O6S.C25H27BrFN3O4S/c1-31-10-6-17(7-11-31)29-25(33)20-13-18(14-21-19(20)15-24(32)27(21)8-3-9-27)30-38(35,36)23-5-4-16(12-22(23)28)26(34)37-2;1-30-9-5-16(6-10-30)28-24(32)19-12-17(13-20-18(19)14-23(31)25(20)7-2-8-25)29-35(33,34)22-4-3-15(26)11-21(22)27/h4-5,12-14,17,30H,3,6-11,15H2,1-2H3,(H,29,33);3-4,11-13,16,29H,2,5-10,14H2,1H3,(H,28,32). The van der Waals surface area contributed by atoms with Crippen molar-refractivity contribution in [3.8, 4) is 0 Å². The predicted molar refractivity (Wildman–Crippen MR) is 271 cm³/mol. The zero-order valence-electron chi connectivity index (χ0n) is 40.7. The largest absolute Gasteiger partial charge is 0.465 e. The van der Waals surface area contributed by atoms with Crippen molar-refractivity contribution in [1.82, 2.24) is 20.4 Å². The van der Waals surface area contributed by atoms with Crippen molar-refractivity contribution in [2.24, 2.45) is 0 Å². The Morgan fingerprint density at radius 1 is 0.630 bits per heavy atom. The summed E-state index contributed by atoms with van der Waals surface area (Å²) in [5.74, 6) is -3.35. The maximum absolute atomic E-state index is 14.8. The van der Waals surface area contributed by atoms with Crippen LogP contribution in [-0.4, -0.2) is 115 Å². The van der Waals surface area contributed by atoms with Gasteiger partial charge < -0.3 is 25.2 Å². The first kappa shape index (κ1) is 52.3. The van der Waals surface area contributed by atoms with Crippen LogP contribution in [0.25, 0.3) is 0 Å². The Morgan fingerprint density at radius 2 is 1.04 bits per heavy atom. The fraction of sp³-hybridized carbons (Fsp3) is 0.442. The summed E-state index contributed by atoms with van der Waals surface area (Å²) in [6.45, 7) is 3.46. The number of carbonyl (C=O) groups excluding carboxylic acids is 5. The highest BCUT2D eigenvalue weighted by molar-refractivity contribution is 9.10. The monoisotopic (exact) mass is 1110 g/mol. The van der Waals surface area contributed by atoms with Crippen LogP contribution in [0.2, 0.25) is 0 Å². The SMILES string of the molecule is CN1CCC(NC(=O)c2cc(NS(=O)(=O)c3ccc(Br)cc3F)cc3c2CC(=O)C32CCC2)CC1.COC(=O)c1ccc(S(=O)(=O)Nc2cc(C(=O)NC3CCN(C)CC3)c3c(c2)C2(CCC2)C(=O)C3)c(F)c1. The van der Waals surface area contributed by atoms with Gasteiger partial charge in [-0.25, -0.2) is 30.4 Å². The number of ketones is 2. The zero-order valence-corrected chi connectivity index (χ0v) is 43.9. The Labute approximate surface area is 431 Å². The molecule has 2 saturated heterocycles. The maximum atomic E-state index is 14.8. The van der Waals surface area contributed by atoms with E-state index in [2.05, 4.69) is 50.5 Å². The molecule has 73 heavy (non-hydrogen) atoms. The number of anilines is 2. The van der Waals surface area contributed by atoms with E-state index in [4.69, 9.17) is 0 Å². The molecule has 388 valence electrons. The Hall–Kier alpha value is -5.61. The molecule has 4 aromatic rings. The minimum absolute atomic E-state index is 0.0151. The fourth-order valence-corrected chi connectivity index (χ4v) is 13.7. The summed E-state index contributed by atoms with van der Waals surface area (Å²) in [5, 5.41) is 6.14. The summed E-state index contributed by atoms with van der Waals surface area (Å²) in [4.78, 5) is 67.8. The van der Waals surface area contributed by atoms with Crippen molar-refractivity contribution in [2.75, 3.05) is 56.8 Å². The van der Waals surface area contributed by atoms with Gasteiger partial charge in [-0.05, 0) is 175 Å². The predicted octanol–water partition coefficient (Wildman–Crippen LogP) is 6.54. The second-order valence-corrected chi connectivity index (χ2v) is 24.4. The molecule has 4 N–H and O–H groups in total. The number of esters is 1. The van der Waals surface area contributed by atoms with Crippen molar-refractivity contribution in [3.05, 3.63) is 116 Å². The van der Waals surface area contributed by atoms with Gasteiger partial charge in [-0.15, -0.1) is 0 Å². The fourth-order valence-electron chi connectivity index (χ4n) is 11.1. The number of sulfonamides is 2. The summed E-state index contributed by atoms with van der Waals surface area (Å²) >= 11 is 3.13. The van der Waals surface area contributed by atoms with Gasteiger partial charge in [0.05, 0.1) is 23.5 Å². The van der Waals surface area contributed by atoms with Crippen LogP contribution >= 0.6 is 15.9 Å². The van der Waals surface area contributed by atoms with Gasteiger partial charge in [-0.3, -0.25) is 28.6 Å². The van der Waals surface area contributed by atoms with Crippen LogP contribution in [-0.2, 0) is 58.0 Å². The van der Waals surface area contributed by atoms with E-state index in [1.54, 1.807) is 12.1 Å². The number of methoxy groups -OCH3 is 1. The second kappa shape index (κ2) is 20.3. The third kappa shape index (κ3) is 10.2. The summed E-state index contributed by atoms with van der Waals surface area (Å²) < 4.78 is 91.4. The number of likely N-dealkylation sites (tertiary alicyclic amines) is 2. The molecule has 0 aromatic heterocycles. The van der Waals surface area contributed by atoms with Crippen LogP contribution in [0.5, 0.6) is 0 Å². The molecule has 4 fully saturated rings. The van der Waals surface area contributed by atoms with Crippen molar-refractivity contribution in [3.63, 3.8) is 0 Å². The number of nitrogens with zero attached hydrogens (tertiary/aromatic N) is 2. The Morgan fingerprint density at radius 3 is 1.41 bits per heavy atom. The first-order valence-corrected chi connectivity index (χ1v) is 28.2. The number of halogens is 3. The number of piperidine rings is 2. The first-order valence-electron chi connectivity index (χ1n) is 24.4. The van der Waals surface area contributed by atoms with Gasteiger partial charge >= 0.3 is 5.97 Å². The molecule has 21 heteroatoms. The maximum Gasteiger partial charge on any atom is 0.337 e. The van der Waals surface area contributed by atoms with Gasteiger partial charge in [0.15, 0.2) is 0 Å². The Kier molecular flexibility index (Phi) is 14.5. The van der Waals surface area contributed by atoms with Crippen LogP contribution in [0.15, 0.2) is 74.9 Å². The smallest absolute Gasteiger partial charge is 0.337 e. The van der Waals surface area contributed by atoms with Gasteiger partial charge in [0.1, 0.15) is 33.0 Å². The molecule has 2 aliphatic heterocycles. The molecule has 16 nitrogen and oxygen atoms in total. The number of Topliss-reactive ketones (excluding diaryl/α,β-unsaturated/α-hetero) is 2.